The van der Waals surface area contributed by atoms with Gasteiger partial charge in [-0.1, -0.05) is 18.2 Å². The van der Waals surface area contributed by atoms with Crippen LogP contribution in [-0.2, 0) is 0 Å². The van der Waals surface area contributed by atoms with Crippen LogP contribution in [0.1, 0.15) is 10.5 Å². The molecule has 1 amide bonds. The second-order valence-corrected chi connectivity index (χ2v) is 5.08. The highest BCUT2D eigenvalue weighted by Gasteiger charge is 2.11. The highest BCUT2D eigenvalue weighted by molar-refractivity contribution is 6.07. The molecule has 7 nitrogen and oxygen atoms in total. The molecule has 0 fully saturated rings. The smallest absolute Gasteiger partial charge is 0.276 e. The fraction of sp³-hybridized carbons (Fsp3) is 0. The van der Waals surface area contributed by atoms with E-state index in [2.05, 4.69) is 25.5 Å². The van der Waals surface area contributed by atoms with Gasteiger partial charge >= 0.3 is 0 Å². The molecule has 0 atom stereocenters. The van der Waals surface area contributed by atoms with Gasteiger partial charge in [0.1, 0.15) is 6.33 Å². The SMILES string of the molecule is O=C(Nc1cccc2cccnc12)c1ccc(-n2ccnc2)nn1. The van der Waals surface area contributed by atoms with E-state index >= 15 is 0 Å². The maximum absolute atomic E-state index is 12.4. The van der Waals surface area contributed by atoms with Crippen LogP contribution < -0.4 is 5.32 Å². The largest absolute Gasteiger partial charge is 0.319 e. The van der Waals surface area contributed by atoms with Crippen molar-refractivity contribution in [3.05, 3.63) is 73.1 Å². The molecule has 3 aromatic heterocycles. The van der Waals surface area contributed by atoms with Gasteiger partial charge in [-0.05, 0) is 24.3 Å². The Morgan fingerprint density at radius 2 is 1.92 bits per heavy atom. The minimum Gasteiger partial charge on any atom is -0.319 e. The molecule has 24 heavy (non-hydrogen) atoms. The monoisotopic (exact) mass is 316 g/mol. The molecule has 0 spiro atoms. The first-order valence-corrected chi connectivity index (χ1v) is 7.28. The lowest BCUT2D eigenvalue weighted by atomic mass is 10.2. The second kappa shape index (κ2) is 5.88. The Balaban J connectivity index is 1.60. The number of rotatable bonds is 3. The van der Waals surface area contributed by atoms with Crippen molar-refractivity contribution in [1.29, 1.82) is 0 Å². The zero-order chi connectivity index (χ0) is 16.4. The predicted molar refractivity (Wildman–Crippen MR) is 88.9 cm³/mol. The van der Waals surface area contributed by atoms with Crippen LogP contribution in [0.3, 0.4) is 0 Å². The molecule has 4 aromatic rings. The van der Waals surface area contributed by atoms with Crippen LogP contribution in [0.15, 0.2) is 67.4 Å². The molecule has 7 heteroatoms. The summed E-state index contributed by atoms with van der Waals surface area (Å²) in [6.07, 6.45) is 6.71. The van der Waals surface area contributed by atoms with Gasteiger partial charge in [-0.15, -0.1) is 10.2 Å². The lowest BCUT2D eigenvalue weighted by molar-refractivity contribution is 0.102. The van der Waals surface area contributed by atoms with Gasteiger partial charge in [0.2, 0.25) is 0 Å². The summed E-state index contributed by atoms with van der Waals surface area (Å²) in [5.41, 5.74) is 1.60. The first-order chi connectivity index (χ1) is 11.8. The first-order valence-electron chi connectivity index (χ1n) is 7.28. The highest BCUT2D eigenvalue weighted by Crippen LogP contribution is 2.21. The highest BCUT2D eigenvalue weighted by atomic mass is 16.1. The van der Waals surface area contributed by atoms with Crippen LogP contribution in [0.25, 0.3) is 16.7 Å². The van der Waals surface area contributed by atoms with Crippen molar-refractivity contribution in [3.8, 4) is 5.82 Å². The maximum atomic E-state index is 12.4. The van der Waals surface area contributed by atoms with Gasteiger partial charge in [-0.25, -0.2) is 4.98 Å². The summed E-state index contributed by atoms with van der Waals surface area (Å²) in [4.78, 5) is 20.7. The summed E-state index contributed by atoms with van der Waals surface area (Å²) in [7, 11) is 0. The van der Waals surface area contributed by atoms with Crippen molar-refractivity contribution in [1.82, 2.24) is 24.7 Å². The zero-order valence-corrected chi connectivity index (χ0v) is 12.5. The quantitative estimate of drug-likeness (QED) is 0.627. The molecule has 1 N–H and O–H groups in total. The maximum Gasteiger partial charge on any atom is 0.276 e. The van der Waals surface area contributed by atoms with Gasteiger partial charge in [-0.2, -0.15) is 0 Å². The number of carbonyl (C=O) groups excluding carboxylic acids is 1. The average Bonchev–Trinajstić information content (AvgIpc) is 3.17. The van der Waals surface area contributed by atoms with Gasteiger partial charge < -0.3 is 5.32 Å². The summed E-state index contributed by atoms with van der Waals surface area (Å²) >= 11 is 0. The topological polar surface area (TPSA) is 85.6 Å². The van der Waals surface area contributed by atoms with Crippen LogP contribution in [0.4, 0.5) is 5.69 Å². The Bertz CT molecular complexity index is 990. The minimum atomic E-state index is -0.335. The summed E-state index contributed by atoms with van der Waals surface area (Å²) in [5, 5.41) is 11.8. The van der Waals surface area contributed by atoms with Crippen molar-refractivity contribution in [2.75, 3.05) is 5.32 Å². The van der Waals surface area contributed by atoms with Crippen LogP contribution in [0.5, 0.6) is 0 Å². The van der Waals surface area contributed by atoms with Gasteiger partial charge in [0.25, 0.3) is 5.91 Å². The molecule has 0 saturated carbocycles. The van der Waals surface area contributed by atoms with Crippen molar-refractivity contribution in [2.24, 2.45) is 0 Å². The number of benzene rings is 1. The molecule has 0 radical (unpaired) electrons. The predicted octanol–water partition coefficient (Wildman–Crippen LogP) is 2.46. The normalized spacial score (nSPS) is 10.7. The number of hydrogen-bond donors (Lipinski definition) is 1. The number of carbonyl (C=O) groups is 1. The summed E-state index contributed by atoms with van der Waals surface area (Å²) in [6.45, 7) is 0. The van der Waals surface area contributed by atoms with Crippen molar-refractivity contribution in [2.45, 2.75) is 0 Å². The lowest BCUT2D eigenvalue weighted by Crippen LogP contribution is -2.15. The van der Waals surface area contributed by atoms with Crippen LogP contribution >= 0.6 is 0 Å². The van der Waals surface area contributed by atoms with Crippen LogP contribution in [0, 0.1) is 0 Å². The fourth-order valence-corrected chi connectivity index (χ4v) is 2.37. The molecule has 3 heterocycles. The van der Waals surface area contributed by atoms with Crippen LogP contribution in [0.2, 0.25) is 0 Å². The van der Waals surface area contributed by atoms with E-state index in [0.717, 1.165) is 10.9 Å². The third-order valence-corrected chi connectivity index (χ3v) is 3.53. The van der Waals surface area contributed by atoms with Crippen molar-refractivity contribution >= 4 is 22.5 Å². The Labute approximate surface area is 137 Å². The van der Waals surface area contributed by atoms with Gasteiger partial charge in [-0.3, -0.25) is 14.3 Å². The van der Waals surface area contributed by atoms with E-state index in [1.54, 1.807) is 47.7 Å². The number of aromatic nitrogens is 5. The van der Waals surface area contributed by atoms with E-state index in [-0.39, 0.29) is 11.6 Å². The first kappa shape index (κ1) is 14.0. The van der Waals surface area contributed by atoms with E-state index in [4.69, 9.17) is 0 Å². The molecule has 0 bridgehead atoms. The van der Waals surface area contributed by atoms with E-state index in [0.29, 0.717) is 11.5 Å². The summed E-state index contributed by atoms with van der Waals surface area (Å²) in [6, 6.07) is 12.7. The lowest BCUT2D eigenvalue weighted by Gasteiger charge is -2.07. The van der Waals surface area contributed by atoms with E-state index in [1.165, 1.54) is 0 Å². The molecule has 0 aliphatic heterocycles. The number of nitrogens with zero attached hydrogens (tertiary/aromatic N) is 5. The molecule has 116 valence electrons. The molecular weight excluding hydrogens is 304 g/mol. The molecular formula is C17H12N6O. The fourth-order valence-electron chi connectivity index (χ4n) is 2.37. The second-order valence-electron chi connectivity index (χ2n) is 5.08. The number of amides is 1. The minimum absolute atomic E-state index is 0.229. The summed E-state index contributed by atoms with van der Waals surface area (Å²) in [5.74, 6) is 0.258. The molecule has 1 aromatic carbocycles. The van der Waals surface area contributed by atoms with E-state index in [1.807, 2.05) is 24.3 Å². The van der Waals surface area contributed by atoms with Gasteiger partial charge in [0.15, 0.2) is 11.5 Å². The molecule has 0 aliphatic rings. The van der Waals surface area contributed by atoms with Crippen LogP contribution in [-0.4, -0.2) is 30.6 Å². The zero-order valence-electron chi connectivity index (χ0n) is 12.5. The third-order valence-electron chi connectivity index (χ3n) is 3.53. The number of anilines is 1. The van der Waals surface area contributed by atoms with E-state index in [9.17, 15) is 4.79 Å². The number of hydrogen-bond acceptors (Lipinski definition) is 5. The van der Waals surface area contributed by atoms with Crippen molar-refractivity contribution in [3.63, 3.8) is 0 Å². The standard InChI is InChI=1S/C17H12N6O/c24-17(14-6-7-15(22-21-14)23-10-9-18-11-23)20-13-5-1-3-12-4-2-8-19-16(12)13/h1-11H,(H,20,24). The van der Waals surface area contributed by atoms with Crippen molar-refractivity contribution < 1.29 is 4.79 Å². The third kappa shape index (κ3) is 2.58. The molecule has 0 aliphatic carbocycles. The molecule has 0 unspecified atom stereocenters. The van der Waals surface area contributed by atoms with E-state index < -0.39 is 0 Å². The Kier molecular flexibility index (Phi) is 3.43. The summed E-state index contributed by atoms with van der Waals surface area (Å²) < 4.78 is 1.71. The molecule has 0 saturated heterocycles. The average molecular weight is 316 g/mol. The number of pyridine rings is 1. The Morgan fingerprint density at radius 1 is 1.00 bits per heavy atom. The Hall–Kier alpha value is -3.61. The number of fused-ring (bicyclic) bond motifs is 1. The van der Waals surface area contributed by atoms with Gasteiger partial charge in [0, 0.05) is 24.0 Å². The van der Waals surface area contributed by atoms with Gasteiger partial charge in [0.05, 0.1) is 11.2 Å². The number of nitrogens with one attached hydrogen (secondary N) is 1. The number of imidazole rings is 1. The Morgan fingerprint density at radius 3 is 2.71 bits per heavy atom. The number of para-hydroxylation sites is 1. The molecule has 4 rings (SSSR count).